The van der Waals surface area contributed by atoms with Gasteiger partial charge in [-0.15, -0.1) is 0 Å². The Hall–Kier alpha value is -1.55. The maximum atomic E-state index is 12.6. The fourth-order valence-electron chi connectivity index (χ4n) is 3.14. The van der Waals surface area contributed by atoms with Crippen molar-refractivity contribution in [2.45, 2.75) is 46.6 Å². The normalized spacial score (nSPS) is 20.9. The molecule has 1 unspecified atom stereocenters. The zero-order valence-electron chi connectivity index (χ0n) is 13.7. The minimum absolute atomic E-state index is 0.0228. The summed E-state index contributed by atoms with van der Waals surface area (Å²) in [5, 5.41) is 6.40. The van der Waals surface area contributed by atoms with Crippen LogP contribution in [0.1, 0.15) is 37.8 Å². The second-order valence-corrected chi connectivity index (χ2v) is 6.56. The highest BCUT2D eigenvalue weighted by Crippen LogP contribution is 2.33. The lowest BCUT2D eigenvalue weighted by Crippen LogP contribution is -2.53. The van der Waals surface area contributed by atoms with E-state index in [9.17, 15) is 4.79 Å². The lowest BCUT2D eigenvalue weighted by Gasteiger charge is -2.38. The lowest BCUT2D eigenvalue weighted by molar-refractivity contribution is -0.121. The third-order valence-corrected chi connectivity index (χ3v) is 4.45. The molecule has 2 rings (SSSR count). The number of carbonyl (C=O) groups is 1. The summed E-state index contributed by atoms with van der Waals surface area (Å²) in [6.45, 7) is 9.17. The van der Waals surface area contributed by atoms with Crippen molar-refractivity contribution >= 4 is 11.6 Å². The largest absolute Gasteiger partial charge is 0.496 e. The molecule has 1 aliphatic rings. The van der Waals surface area contributed by atoms with Gasteiger partial charge in [0.2, 0.25) is 5.91 Å². The van der Waals surface area contributed by atoms with Gasteiger partial charge in [0.25, 0.3) is 0 Å². The molecule has 0 aromatic heterocycles. The smallest absolute Gasteiger partial charge is 0.242 e. The van der Waals surface area contributed by atoms with Gasteiger partial charge in [-0.1, -0.05) is 19.9 Å². The Balaban J connectivity index is 2.20. The molecule has 0 saturated carbocycles. The van der Waals surface area contributed by atoms with E-state index in [2.05, 4.69) is 24.5 Å². The number of hydrogen-bond donors (Lipinski definition) is 2. The van der Waals surface area contributed by atoms with Crippen LogP contribution >= 0.6 is 0 Å². The van der Waals surface area contributed by atoms with E-state index in [0.717, 1.165) is 42.0 Å². The number of ether oxygens (including phenoxy) is 1. The minimum Gasteiger partial charge on any atom is -0.496 e. The van der Waals surface area contributed by atoms with Gasteiger partial charge in [0.05, 0.1) is 13.2 Å². The first-order valence-electron chi connectivity index (χ1n) is 7.55. The van der Waals surface area contributed by atoms with Gasteiger partial charge < -0.3 is 15.4 Å². The van der Waals surface area contributed by atoms with Gasteiger partial charge in [-0.3, -0.25) is 4.79 Å². The van der Waals surface area contributed by atoms with E-state index >= 15 is 0 Å². The van der Waals surface area contributed by atoms with Crippen LogP contribution in [0.2, 0.25) is 0 Å². The van der Waals surface area contributed by atoms with Crippen molar-refractivity contribution in [2.24, 2.45) is 5.41 Å². The summed E-state index contributed by atoms with van der Waals surface area (Å²) in [7, 11) is 1.66. The summed E-state index contributed by atoms with van der Waals surface area (Å²) < 4.78 is 5.42. The van der Waals surface area contributed by atoms with Gasteiger partial charge in [0, 0.05) is 11.3 Å². The van der Waals surface area contributed by atoms with Crippen molar-refractivity contribution in [3.63, 3.8) is 0 Å². The molecular formula is C17H26N2O2. The molecule has 1 heterocycles. The molecule has 1 amide bonds. The van der Waals surface area contributed by atoms with Crippen molar-refractivity contribution in [3.05, 3.63) is 23.3 Å². The highest BCUT2D eigenvalue weighted by Gasteiger charge is 2.37. The fourth-order valence-corrected chi connectivity index (χ4v) is 3.14. The first kappa shape index (κ1) is 15.8. The number of rotatable bonds is 3. The Morgan fingerprint density at radius 1 is 1.38 bits per heavy atom. The van der Waals surface area contributed by atoms with Gasteiger partial charge in [-0.05, 0) is 50.3 Å². The zero-order chi connectivity index (χ0) is 15.6. The molecule has 1 atom stereocenters. The van der Waals surface area contributed by atoms with E-state index in [0.29, 0.717) is 0 Å². The van der Waals surface area contributed by atoms with Crippen molar-refractivity contribution in [3.8, 4) is 5.75 Å². The van der Waals surface area contributed by atoms with E-state index in [-0.39, 0.29) is 17.4 Å². The van der Waals surface area contributed by atoms with Crippen LogP contribution in [0.25, 0.3) is 0 Å². The quantitative estimate of drug-likeness (QED) is 0.899. The second kappa shape index (κ2) is 6.06. The number of piperidine rings is 1. The van der Waals surface area contributed by atoms with Gasteiger partial charge in [0.1, 0.15) is 5.75 Å². The van der Waals surface area contributed by atoms with Crippen LogP contribution in [0.3, 0.4) is 0 Å². The molecule has 4 heteroatoms. The van der Waals surface area contributed by atoms with Gasteiger partial charge in [-0.25, -0.2) is 0 Å². The van der Waals surface area contributed by atoms with Crippen LogP contribution in [-0.4, -0.2) is 25.6 Å². The van der Waals surface area contributed by atoms with Gasteiger partial charge >= 0.3 is 0 Å². The Kier molecular flexibility index (Phi) is 4.57. The van der Waals surface area contributed by atoms with E-state index in [1.165, 1.54) is 0 Å². The monoisotopic (exact) mass is 290 g/mol. The molecule has 1 aromatic rings. The first-order valence-corrected chi connectivity index (χ1v) is 7.55. The van der Waals surface area contributed by atoms with E-state index in [1.807, 2.05) is 26.0 Å². The topological polar surface area (TPSA) is 50.4 Å². The van der Waals surface area contributed by atoms with Crippen molar-refractivity contribution in [1.29, 1.82) is 0 Å². The van der Waals surface area contributed by atoms with Crippen LogP contribution in [-0.2, 0) is 4.79 Å². The Morgan fingerprint density at radius 2 is 2.10 bits per heavy atom. The Bertz CT molecular complexity index is 538. The molecule has 116 valence electrons. The molecule has 1 aliphatic heterocycles. The Labute approximate surface area is 127 Å². The van der Waals surface area contributed by atoms with Crippen molar-refractivity contribution < 1.29 is 9.53 Å². The molecule has 2 N–H and O–H groups in total. The van der Waals surface area contributed by atoms with E-state index in [1.54, 1.807) is 7.11 Å². The Morgan fingerprint density at radius 3 is 2.71 bits per heavy atom. The highest BCUT2D eigenvalue weighted by atomic mass is 16.5. The number of carbonyl (C=O) groups excluding carboxylic acids is 1. The van der Waals surface area contributed by atoms with E-state index in [4.69, 9.17) is 4.74 Å². The summed E-state index contributed by atoms with van der Waals surface area (Å²) in [5.41, 5.74) is 2.85. The zero-order valence-corrected chi connectivity index (χ0v) is 13.7. The lowest BCUT2D eigenvalue weighted by atomic mass is 9.77. The average Bonchev–Trinajstić information content (AvgIpc) is 2.42. The maximum absolute atomic E-state index is 12.6. The molecule has 4 nitrogen and oxygen atoms in total. The van der Waals surface area contributed by atoms with Crippen LogP contribution in [0.4, 0.5) is 5.69 Å². The standard InChI is InChI=1S/C17H26N2O2/c1-11-7-8-13(12(2)14(11)21-5)19-16(20)15-17(3,4)9-6-10-18-15/h7-8,15,18H,6,9-10H2,1-5H3,(H,19,20). The number of anilines is 1. The third kappa shape index (κ3) is 3.21. The minimum atomic E-state index is -0.155. The molecule has 0 aliphatic carbocycles. The number of benzene rings is 1. The molecule has 0 radical (unpaired) electrons. The summed E-state index contributed by atoms with van der Waals surface area (Å²) in [6.07, 6.45) is 2.18. The molecular weight excluding hydrogens is 264 g/mol. The van der Waals surface area contributed by atoms with Crippen LogP contribution in [0.5, 0.6) is 5.75 Å². The predicted molar refractivity (Wildman–Crippen MR) is 85.9 cm³/mol. The molecule has 0 bridgehead atoms. The van der Waals surface area contributed by atoms with E-state index < -0.39 is 0 Å². The summed E-state index contributed by atoms with van der Waals surface area (Å²) >= 11 is 0. The number of aryl methyl sites for hydroxylation is 1. The van der Waals surface area contributed by atoms with Crippen molar-refractivity contribution in [1.82, 2.24) is 5.32 Å². The highest BCUT2D eigenvalue weighted by molar-refractivity contribution is 5.96. The summed E-state index contributed by atoms with van der Waals surface area (Å²) in [5.74, 6) is 0.873. The summed E-state index contributed by atoms with van der Waals surface area (Å²) in [6, 6.07) is 3.76. The molecule has 1 aromatic carbocycles. The predicted octanol–water partition coefficient (Wildman–Crippen LogP) is 3.03. The van der Waals surface area contributed by atoms with Gasteiger partial charge in [0.15, 0.2) is 0 Å². The van der Waals surface area contributed by atoms with Crippen LogP contribution in [0, 0.1) is 19.3 Å². The number of nitrogens with one attached hydrogen (secondary N) is 2. The maximum Gasteiger partial charge on any atom is 0.242 e. The number of amides is 1. The SMILES string of the molecule is COc1c(C)ccc(NC(=O)C2NCCCC2(C)C)c1C. The molecule has 0 spiro atoms. The van der Waals surface area contributed by atoms with Crippen LogP contribution < -0.4 is 15.4 Å². The number of hydrogen-bond acceptors (Lipinski definition) is 3. The van der Waals surface area contributed by atoms with Gasteiger partial charge in [-0.2, -0.15) is 0 Å². The molecule has 21 heavy (non-hydrogen) atoms. The van der Waals surface area contributed by atoms with Crippen LogP contribution in [0.15, 0.2) is 12.1 Å². The summed E-state index contributed by atoms with van der Waals surface area (Å²) in [4.78, 5) is 12.6. The first-order chi connectivity index (χ1) is 9.86. The fraction of sp³-hybridized carbons (Fsp3) is 0.588. The van der Waals surface area contributed by atoms with Crippen molar-refractivity contribution in [2.75, 3.05) is 19.0 Å². The average molecular weight is 290 g/mol. The molecule has 1 saturated heterocycles. The third-order valence-electron chi connectivity index (χ3n) is 4.45. The molecule has 1 fully saturated rings. The second-order valence-electron chi connectivity index (χ2n) is 6.56. The number of methoxy groups -OCH3 is 1.